The minimum absolute atomic E-state index is 0. The Hall–Kier alpha value is -1.61. The fourth-order valence-electron chi connectivity index (χ4n) is 3.02. The van der Waals surface area contributed by atoms with Crippen LogP contribution >= 0.6 is 24.0 Å². The number of halogens is 1. The van der Waals surface area contributed by atoms with Gasteiger partial charge >= 0.3 is 0 Å². The number of hydrogen-bond acceptors (Lipinski definition) is 3. The van der Waals surface area contributed by atoms with Crippen molar-refractivity contribution < 1.29 is 0 Å². The molecule has 1 unspecified atom stereocenters. The van der Waals surface area contributed by atoms with Gasteiger partial charge in [0.15, 0.2) is 5.96 Å². The molecule has 0 aliphatic carbocycles. The fraction of sp³-hybridized carbons (Fsp3) is 0.524. The molecule has 0 fully saturated rings. The molecule has 2 rings (SSSR count). The standard InChI is InChI=1S/C21H34N6.HI/c1-7-17(3)26(6)13-12-23-21(22-5)24-15-19-10-8-9-11-20(19)27-18(4)14-16(2)25-27;/h8-11,14,17H,7,12-13,15H2,1-6H3,(H2,22,23,24);1H. The lowest BCUT2D eigenvalue weighted by molar-refractivity contribution is 0.255. The molecule has 0 amide bonds. The van der Waals surface area contributed by atoms with Crippen molar-refractivity contribution in [3.05, 3.63) is 47.3 Å². The number of rotatable bonds is 8. The molecule has 156 valence electrons. The summed E-state index contributed by atoms with van der Waals surface area (Å²) in [4.78, 5) is 6.70. The molecule has 0 spiro atoms. The van der Waals surface area contributed by atoms with Crippen molar-refractivity contribution in [2.45, 2.75) is 46.7 Å². The predicted octanol–water partition coefficient (Wildman–Crippen LogP) is 3.50. The number of hydrogen-bond donors (Lipinski definition) is 2. The highest BCUT2D eigenvalue weighted by Gasteiger charge is 2.10. The van der Waals surface area contributed by atoms with Crippen molar-refractivity contribution in [1.82, 2.24) is 25.3 Å². The number of nitrogens with zero attached hydrogens (tertiary/aromatic N) is 4. The number of aryl methyl sites for hydroxylation is 2. The van der Waals surface area contributed by atoms with E-state index in [9.17, 15) is 0 Å². The van der Waals surface area contributed by atoms with E-state index in [1.165, 1.54) is 5.56 Å². The van der Waals surface area contributed by atoms with Crippen molar-refractivity contribution in [3.8, 4) is 5.69 Å². The maximum Gasteiger partial charge on any atom is 0.191 e. The molecule has 1 aromatic carbocycles. The second kappa shape index (κ2) is 12.1. The van der Waals surface area contributed by atoms with Gasteiger partial charge in [0.1, 0.15) is 0 Å². The highest BCUT2D eigenvalue weighted by atomic mass is 127. The molecule has 0 saturated heterocycles. The Balaban J connectivity index is 0.00000392. The van der Waals surface area contributed by atoms with E-state index in [-0.39, 0.29) is 24.0 Å². The molecule has 0 aliphatic rings. The van der Waals surface area contributed by atoms with E-state index in [0.717, 1.165) is 42.5 Å². The summed E-state index contributed by atoms with van der Waals surface area (Å²) in [5, 5.41) is 11.4. The number of aliphatic imine (C=N–C) groups is 1. The third-order valence-corrected chi connectivity index (χ3v) is 5.00. The second-order valence-corrected chi connectivity index (χ2v) is 7.06. The lowest BCUT2D eigenvalue weighted by atomic mass is 10.1. The van der Waals surface area contributed by atoms with Crippen molar-refractivity contribution in [3.63, 3.8) is 0 Å². The second-order valence-electron chi connectivity index (χ2n) is 7.06. The summed E-state index contributed by atoms with van der Waals surface area (Å²) >= 11 is 0. The van der Waals surface area contributed by atoms with Crippen LogP contribution in [0.15, 0.2) is 35.3 Å². The summed E-state index contributed by atoms with van der Waals surface area (Å²) in [6, 6.07) is 11.0. The summed E-state index contributed by atoms with van der Waals surface area (Å²) in [7, 11) is 3.97. The maximum absolute atomic E-state index is 4.62. The van der Waals surface area contributed by atoms with Gasteiger partial charge in [0.25, 0.3) is 0 Å². The minimum Gasteiger partial charge on any atom is -0.355 e. The van der Waals surface area contributed by atoms with Gasteiger partial charge in [-0.3, -0.25) is 4.99 Å². The first-order valence-corrected chi connectivity index (χ1v) is 9.72. The Bertz CT molecular complexity index is 755. The molecule has 0 bridgehead atoms. The van der Waals surface area contributed by atoms with Crippen LogP contribution in [0, 0.1) is 13.8 Å². The molecular formula is C21H35IN6. The summed E-state index contributed by atoms with van der Waals surface area (Å²) in [6.45, 7) is 11.1. The minimum atomic E-state index is 0. The summed E-state index contributed by atoms with van der Waals surface area (Å²) in [5.74, 6) is 0.815. The van der Waals surface area contributed by atoms with E-state index in [2.05, 4.69) is 77.7 Å². The fourth-order valence-corrected chi connectivity index (χ4v) is 3.02. The van der Waals surface area contributed by atoms with Gasteiger partial charge in [0, 0.05) is 38.4 Å². The molecule has 1 aromatic heterocycles. The van der Waals surface area contributed by atoms with Gasteiger partial charge in [-0.15, -0.1) is 24.0 Å². The van der Waals surface area contributed by atoms with E-state index in [1.54, 1.807) is 7.05 Å². The highest BCUT2D eigenvalue weighted by molar-refractivity contribution is 14.0. The van der Waals surface area contributed by atoms with Crippen LogP contribution in [0.3, 0.4) is 0 Å². The molecule has 2 aromatic rings. The largest absolute Gasteiger partial charge is 0.355 e. The number of guanidine groups is 1. The van der Waals surface area contributed by atoms with Gasteiger partial charge in [-0.05, 0) is 51.9 Å². The van der Waals surface area contributed by atoms with Crippen LogP contribution in [0.1, 0.15) is 37.2 Å². The van der Waals surface area contributed by atoms with Crippen molar-refractivity contribution in [1.29, 1.82) is 0 Å². The summed E-state index contributed by atoms with van der Waals surface area (Å²) in [5.41, 5.74) is 4.44. The Kier molecular flexibility index (Phi) is 10.5. The quantitative estimate of drug-likeness (QED) is 0.333. The molecule has 28 heavy (non-hydrogen) atoms. The van der Waals surface area contributed by atoms with Crippen LogP contribution in [-0.2, 0) is 6.54 Å². The molecule has 1 atom stereocenters. The van der Waals surface area contributed by atoms with Gasteiger partial charge in [0.2, 0.25) is 0 Å². The lowest BCUT2D eigenvalue weighted by Gasteiger charge is -2.24. The maximum atomic E-state index is 4.62. The van der Waals surface area contributed by atoms with Crippen LogP contribution in [-0.4, -0.2) is 53.9 Å². The van der Waals surface area contributed by atoms with Gasteiger partial charge in [-0.1, -0.05) is 25.1 Å². The van der Waals surface area contributed by atoms with Crippen molar-refractivity contribution >= 4 is 29.9 Å². The van der Waals surface area contributed by atoms with E-state index in [4.69, 9.17) is 0 Å². The molecule has 0 radical (unpaired) electrons. The Labute approximate surface area is 186 Å². The van der Waals surface area contributed by atoms with E-state index < -0.39 is 0 Å². The average molecular weight is 498 g/mol. The number of aromatic nitrogens is 2. The van der Waals surface area contributed by atoms with Crippen LogP contribution < -0.4 is 10.6 Å². The lowest BCUT2D eigenvalue weighted by Crippen LogP contribution is -2.42. The first-order valence-electron chi connectivity index (χ1n) is 9.72. The normalized spacial score (nSPS) is 12.6. The van der Waals surface area contributed by atoms with Gasteiger partial charge in [0.05, 0.1) is 11.4 Å². The molecule has 2 N–H and O–H groups in total. The molecule has 6 nitrogen and oxygen atoms in total. The Morgan fingerprint density at radius 1 is 1.25 bits per heavy atom. The first kappa shape index (κ1) is 24.4. The number of para-hydroxylation sites is 1. The van der Waals surface area contributed by atoms with E-state index in [1.807, 2.05) is 17.7 Å². The zero-order valence-electron chi connectivity index (χ0n) is 18.0. The monoisotopic (exact) mass is 498 g/mol. The van der Waals surface area contributed by atoms with Crippen LogP contribution in [0.5, 0.6) is 0 Å². The van der Waals surface area contributed by atoms with Gasteiger partial charge in [-0.2, -0.15) is 5.10 Å². The first-order chi connectivity index (χ1) is 13.0. The zero-order valence-corrected chi connectivity index (χ0v) is 20.3. The van der Waals surface area contributed by atoms with Crippen molar-refractivity contribution in [2.24, 2.45) is 4.99 Å². The third-order valence-electron chi connectivity index (χ3n) is 5.00. The molecular weight excluding hydrogens is 463 g/mol. The van der Waals surface area contributed by atoms with Crippen molar-refractivity contribution in [2.75, 3.05) is 27.2 Å². The topological polar surface area (TPSA) is 57.5 Å². The molecule has 0 aliphatic heterocycles. The summed E-state index contributed by atoms with van der Waals surface area (Å²) in [6.07, 6.45) is 1.16. The molecule has 0 saturated carbocycles. The average Bonchev–Trinajstić information content (AvgIpc) is 3.01. The zero-order chi connectivity index (χ0) is 19.8. The number of benzene rings is 1. The Morgan fingerprint density at radius 3 is 2.57 bits per heavy atom. The van der Waals surface area contributed by atoms with Gasteiger partial charge in [-0.25, -0.2) is 4.68 Å². The highest BCUT2D eigenvalue weighted by Crippen LogP contribution is 2.16. The van der Waals surface area contributed by atoms with Crippen LogP contribution in [0.2, 0.25) is 0 Å². The van der Waals surface area contributed by atoms with Crippen LogP contribution in [0.25, 0.3) is 5.69 Å². The number of nitrogens with one attached hydrogen (secondary N) is 2. The molecule has 1 heterocycles. The third kappa shape index (κ3) is 6.77. The van der Waals surface area contributed by atoms with Crippen LogP contribution in [0.4, 0.5) is 0 Å². The summed E-state index contributed by atoms with van der Waals surface area (Å²) < 4.78 is 2.00. The van der Waals surface area contributed by atoms with Gasteiger partial charge < -0.3 is 15.5 Å². The SMILES string of the molecule is CCC(C)N(C)CCNC(=NC)NCc1ccccc1-n1nc(C)cc1C.I. The van der Waals surface area contributed by atoms with E-state index in [0.29, 0.717) is 12.6 Å². The molecule has 7 heteroatoms. The predicted molar refractivity (Wildman–Crippen MR) is 129 cm³/mol. The smallest absolute Gasteiger partial charge is 0.191 e. The number of likely N-dealkylation sites (N-methyl/N-ethyl adjacent to an activating group) is 1. The Morgan fingerprint density at radius 2 is 1.96 bits per heavy atom. The van der Waals surface area contributed by atoms with E-state index >= 15 is 0 Å².